The number of methoxy groups -OCH3 is 3. The molecule has 0 bridgehead atoms. The highest BCUT2D eigenvalue weighted by Gasteiger charge is 2.20. The molecule has 10 nitrogen and oxygen atoms in total. The summed E-state index contributed by atoms with van der Waals surface area (Å²) in [7, 11) is 4.22. The molecule has 2 rings (SSSR count). The maximum Gasteiger partial charge on any atom is 0.315 e. The third-order valence-electron chi connectivity index (χ3n) is 4.10. The molecular formula is C20H19N3O7. The zero-order valence-electron chi connectivity index (χ0n) is 16.5. The molecule has 0 aliphatic carbocycles. The molecule has 0 saturated heterocycles. The lowest BCUT2D eigenvalue weighted by atomic mass is 10.1. The first-order valence-corrected chi connectivity index (χ1v) is 8.50. The van der Waals surface area contributed by atoms with Crippen LogP contribution >= 0.6 is 0 Å². The third-order valence-corrected chi connectivity index (χ3v) is 4.10. The molecule has 1 amide bonds. The first-order valence-electron chi connectivity index (χ1n) is 8.50. The monoisotopic (exact) mass is 413 g/mol. The first kappa shape index (κ1) is 22.0. The van der Waals surface area contributed by atoms with E-state index < -0.39 is 22.3 Å². The average Bonchev–Trinajstić information content (AvgIpc) is 2.76. The molecule has 0 aliphatic rings. The Bertz CT molecular complexity index is 1040. The number of benzene rings is 2. The van der Waals surface area contributed by atoms with E-state index in [1.165, 1.54) is 27.4 Å². The van der Waals surface area contributed by atoms with Crippen LogP contribution in [0.5, 0.6) is 23.0 Å². The summed E-state index contributed by atoms with van der Waals surface area (Å²) < 4.78 is 15.3. The molecule has 0 spiro atoms. The molecule has 0 radical (unpaired) electrons. The van der Waals surface area contributed by atoms with Gasteiger partial charge in [0.1, 0.15) is 23.1 Å². The van der Waals surface area contributed by atoms with Gasteiger partial charge in [0.25, 0.3) is 5.91 Å². The SMILES string of the molecule is COc1ccc(CNC(=O)/C(C#N)=C/c2cc(OC)c(O)c([N+](=O)[O-])c2)c(OC)c1. The number of carbonyl (C=O) groups is 1. The van der Waals surface area contributed by atoms with Gasteiger partial charge in [-0.15, -0.1) is 0 Å². The molecule has 2 aromatic carbocycles. The van der Waals surface area contributed by atoms with Crippen LogP contribution in [0.4, 0.5) is 5.69 Å². The van der Waals surface area contributed by atoms with Gasteiger partial charge in [-0.25, -0.2) is 0 Å². The van der Waals surface area contributed by atoms with Gasteiger partial charge in [0.2, 0.25) is 5.75 Å². The minimum Gasteiger partial charge on any atom is -0.500 e. The van der Waals surface area contributed by atoms with Crippen LogP contribution in [0.3, 0.4) is 0 Å². The number of nitrogens with one attached hydrogen (secondary N) is 1. The Morgan fingerprint density at radius 2 is 1.90 bits per heavy atom. The number of aromatic hydroxyl groups is 1. The van der Waals surface area contributed by atoms with E-state index in [1.54, 1.807) is 24.3 Å². The molecule has 0 atom stereocenters. The van der Waals surface area contributed by atoms with E-state index in [0.717, 1.165) is 12.1 Å². The van der Waals surface area contributed by atoms with E-state index >= 15 is 0 Å². The van der Waals surface area contributed by atoms with Gasteiger partial charge in [0.05, 0.1) is 26.3 Å². The van der Waals surface area contributed by atoms with Crippen molar-refractivity contribution in [1.82, 2.24) is 5.32 Å². The number of hydrogen-bond donors (Lipinski definition) is 2. The minimum absolute atomic E-state index is 0.0735. The largest absolute Gasteiger partial charge is 0.500 e. The Labute approximate surface area is 172 Å². The van der Waals surface area contributed by atoms with E-state index in [0.29, 0.717) is 17.1 Å². The Kier molecular flexibility index (Phi) is 7.19. The molecule has 2 N–H and O–H groups in total. The summed E-state index contributed by atoms with van der Waals surface area (Å²) in [6.45, 7) is 0.0735. The van der Waals surface area contributed by atoms with Crippen LogP contribution in [-0.2, 0) is 11.3 Å². The van der Waals surface area contributed by atoms with Gasteiger partial charge >= 0.3 is 5.69 Å². The van der Waals surface area contributed by atoms with Crippen molar-refractivity contribution in [1.29, 1.82) is 5.26 Å². The van der Waals surface area contributed by atoms with Crippen LogP contribution in [0, 0.1) is 21.4 Å². The van der Waals surface area contributed by atoms with Crippen LogP contribution in [0.1, 0.15) is 11.1 Å². The van der Waals surface area contributed by atoms with Crippen molar-refractivity contribution in [2.45, 2.75) is 6.54 Å². The molecule has 0 aromatic heterocycles. The van der Waals surface area contributed by atoms with Gasteiger partial charge in [-0.3, -0.25) is 14.9 Å². The maximum absolute atomic E-state index is 12.4. The highest BCUT2D eigenvalue weighted by molar-refractivity contribution is 6.01. The molecule has 30 heavy (non-hydrogen) atoms. The van der Waals surface area contributed by atoms with Gasteiger partial charge in [-0.2, -0.15) is 5.26 Å². The van der Waals surface area contributed by atoms with Crippen molar-refractivity contribution in [2.75, 3.05) is 21.3 Å². The number of phenolic OH excluding ortho intramolecular Hbond substituents is 1. The van der Waals surface area contributed by atoms with Crippen molar-refractivity contribution >= 4 is 17.7 Å². The normalized spacial score (nSPS) is 10.7. The molecule has 10 heteroatoms. The summed E-state index contributed by atoms with van der Waals surface area (Å²) in [6, 6.07) is 9.14. The Morgan fingerprint density at radius 3 is 2.47 bits per heavy atom. The number of carbonyl (C=O) groups excluding carboxylic acids is 1. The standard InChI is InChI=1S/C20H19N3O7/c1-28-15-5-4-13(17(9-15)29-2)11-22-20(25)14(10-21)6-12-7-16(23(26)27)19(24)18(8-12)30-3/h4-9,24H,11H2,1-3H3,(H,22,25)/b14-6+. The summed E-state index contributed by atoms with van der Waals surface area (Å²) in [5, 5.41) is 32.9. The van der Waals surface area contributed by atoms with Crippen LogP contribution in [0.15, 0.2) is 35.9 Å². The number of nitro benzene ring substituents is 1. The number of ether oxygens (including phenoxy) is 3. The number of amides is 1. The first-order chi connectivity index (χ1) is 14.3. The van der Waals surface area contributed by atoms with E-state index in [2.05, 4.69) is 5.32 Å². The van der Waals surface area contributed by atoms with Crippen molar-refractivity contribution in [3.8, 4) is 29.1 Å². The number of phenols is 1. The van der Waals surface area contributed by atoms with E-state index in [1.807, 2.05) is 0 Å². The smallest absolute Gasteiger partial charge is 0.315 e. The second-order valence-electron chi connectivity index (χ2n) is 5.88. The second-order valence-corrected chi connectivity index (χ2v) is 5.88. The van der Waals surface area contributed by atoms with Gasteiger partial charge in [-0.05, 0) is 29.8 Å². The second kappa shape index (κ2) is 9.79. The quantitative estimate of drug-likeness (QED) is 0.291. The van der Waals surface area contributed by atoms with Gasteiger partial charge in [0.15, 0.2) is 5.75 Å². The van der Waals surface area contributed by atoms with E-state index in [-0.39, 0.29) is 23.4 Å². The molecule has 0 saturated carbocycles. The van der Waals surface area contributed by atoms with Crippen LogP contribution in [0.2, 0.25) is 0 Å². The van der Waals surface area contributed by atoms with Gasteiger partial charge in [0, 0.05) is 24.2 Å². The van der Waals surface area contributed by atoms with Crippen LogP contribution in [0.25, 0.3) is 6.08 Å². The lowest BCUT2D eigenvalue weighted by Gasteiger charge is -2.11. The number of nitrogens with zero attached hydrogens (tertiary/aromatic N) is 2. The maximum atomic E-state index is 12.4. The summed E-state index contributed by atoms with van der Waals surface area (Å²) in [4.78, 5) is 22.7. The zero-order chi connectivity index (χ0) is 22.3. The zero-order valence-corrected chi connectivity index (χ0v) is 16.5. The predicted molar refractivity (Wildman–Crippen MR) is 106 cm³/mol. The van der Waals surface area contributed by atoms with Crippen LogP contribution < -0.4 is 19.5 Å². The topological polar surface area (TPSA) is 144 Å². The van der Waals surface area contributed by atoms with Gasteiger partial charge < -0.3 is 24.6 Å². The van der Waals surface area contributed by atoms with Crippen molar-refractivity contribution in [3.05, 3.63) is 57.1 Å². The lowest BCUT2D eigenvalue weighted by Crippen LogP contribution is -2.24. The third kappa shape index (κ3) is 4.96. The highest BCUT2D eigenvalue weighted by atomic mass is 16.6. The van der Waals surface area contributed by atoms with Crippen molar-refractivity contribution in [3.63, 3.8) is 0 Å². The fourth-order valence-electron chi connectivity index (χ4n) is 2.58. The average molecular weight is 413 g/mol. The van der Waals surface area contributed by atoms with E-state index in [4.69, 9.17) is 14.2 Å². The van der Waals surface area contributed by atoms with E-state index in [9.17, 15) is 25.3 Å². The summed E-state index contributed by atoms with van der Waals surface area (Å²) in [5.74, 6) is -0.408. The molecule has 2 aromatic rings. The fourth-order valence-corrected chi connectivity index (χ4v) is 2.58. The molecular weight excluding hydrogens is 394 g/mol. The summed E-state index contributed by atoms with van der Waals surface area (Å²) >= 11 is 0. The van der Waals surface area contributed by atoms with Gasteiger partial charge in [-0.1, -0.05) is 0 Å². The van der Waals surface area contributed by atoms with Crippen molar-refractivity contribution in [2.24, 2.45) is 0 Å². The molecule has 0 aliphatic heterocycles. The molecule has 156 valence electrons. The number of rotatable bonds is 8. The molecule has 0 fully saturated rings. The number of nitriles is 1. The molecule has 0 heterocycles. The fraction of sp³-hybridized carbons (Fsp3) is 0.200. The lowest BCUT2D eigenvalue weighted by molar-refractivity contribution is -0.386. The number of nitro groups is 1. The van der Waals surface area contributed by atoms with Crippen LogP contribution in [-0.4, -0.2) is 37.3 Å². The highest BCUT2D eigenvalue weighted by Crippen LogP contribution is 2.37. The summed E-state index contributed by atoms with van der Waals surface area (Å²) in [6.07, 6.45) is 1.16. The molecule has 0 unspecified atom stereocenters. The Hall–Kier alpha value is -4.26. The van der Waals surface area contributed by atoms with Crippen molar-refractivity contribution < 1.29 is 29.0 Å². The minimum atomic E-state index is -0.794. The Morgan fingerprint density at radius 1 is 1.20 bits per heavy atom. The summed E-state index contributed by atoms with van der Waals surface area (Å²) in [5.41, 5.74) is -0.0956. The predicted octanol–water partition coefficient (Wildman–Crippen LogP) is 2.55. The Balaban J connectivity index is 2.27. The number of hydrogen-bond acceptors (Lipinski definition) is 8.